The van der Waals surface area contributed by atoms with E-state index in [0.717, 1.165) is 17.0 Å². The molecular formula is C13H17ClN2O. The van der Waals surface area contributed by atoms with Gasteiger partial charge in [-0.25, -0.2) is 4.98 Å². The van der Waals surface area contributed by atoms with Gasteiger partial charge in [0.2, 0.25) is 0 Å². The van der Waals surface area contributed by atoms with Crippen molar-refractivity contribution < 1.29 is 5.11 Å². The second kappa shape index (κ2) is 4.67. The number of aromatic nitrogens is 2. The third kappa shape index (κ3) is 2.05. The van der Waals surface area contributed by atoms with E-state index in [-0.39, 0.29) is 5.92 Å². The number of aliphatic hydroxyl groups excluding tert-OH is 1. The standard InChI is InChI=1S/C13H17ClN2O/c1-4-9(17)13-12(8(2)3)15-11-7-5-6-10(14)16(11)13/h5-9,17H,4H2,1-3H3. The van der Waals surface area contributed by atoms with Gasteiger partial charge in [-0.15, -0.1) is 0 Å². The summed E-state index contributed by atoms with van der Waals surface area (Å²) < 4.78 is 1.84. The van der Waals surface area contributed by atoms with Crippen molar-refractivity contribution in [3.05, 3.63) is 34.7 Å². The quantitative estimate of drug-likeness (QED) is 0.849. The molecule has 0 saturated carbocycles. The second-order valence-corrected chi connectivity index (χ2v) is 4.89. The molecule has 0 fully saturated rings. The molecule has 2 rings (SSSR count). The van der Waals surface area contributed by atoms with Crippen molar-refractivity contribution in [2.45, 2.75) is 39.2 Å². The number of rotatable bonds is 3. The van der Waals surface area contributed by atoms with E-state index in [4.69, 9.17) is 11.6 Å². The van der Waals surface area contributed by atoms with E-state index in [2.05, 4.69) is 18.8 Å². The molecule has 0 aliphatic heterocycles. The molecule has 4 heteroatoms. The first kappa shape index (κ1) is 12.4. The van der Waals surface area contributed by atoms with Gasteiger partial charge in [-0.2, -0.15) is 0 Å². The van der Waals surface area contributed by atoms with Gasteiger partial charge in [-0.05, 0) is 24.5 Å². The van der Waals surface area contributed by atoms with Crippen molar-refractivity contribution in [3.63, 3.8) is 0 Å². The van der Waals surface area contributed by atoms with Gasteiger partial charge in [0, 0.05) is 0 Å². The normalized spacial score (nSPS) is 13.5. The van der Waals surface area contributed by atoms with Gasteiger partial charge in [-0.1, -0.05) is 38.4 Å². The average Bonchev–Trinajstić information content (AvgIpc) is 2.69. The van der Waals surface area contributed by atoms with Crippen molar-refractivity contribution in [2.75, 3.05) is 0 Å². The molecule has 0 aliphatic carbocycles. The zero-order chi connectivity index (χ0) is 12.6. The molecule has 1 N–H and O–H groups in total. The monoisotopic (exact) mass is 252 g/mol. The molecular weight excluding hydrogens is 236 g/mol. The van der Waals surface area contributed by atoms with Crippen LogP contribution in [0.2, 0.25) is 5.15 Å². The minimum atomic E-state index is -0.526. The summed E-state index contributed by atoms with van der Waals surface area (Å²) in [6, 6.07) is 5.59. The van der Waals surface area contributed by atoms with E-state index in [0.29, 0.717) is 11.6 Å². The third-order valence-corrected chi connectivity index (χ3v) is 3.20. The topological polar surface area (TPSA) is 37.5 Å². The number of fused-ring (bicyclic) bond motifs is 1. The lowest BCUT2D eigenvalue weighted by Crippen LogP contribution is -2.05. The first-order valence-corrected chi connectivity index (χ1v) is 6.28. The highest BCUT2D eigenvalue weighted by Gasteiger charge is 2.21. The average molecular weight is 253 g/mol. The lowest BCUT2D eigenvalue weighted by Gasteiger charge is -2.13. The number of aliphatic hydroxyl groups is 1. The predicted octanol–water partition coefficient (Wildman–Crippen LogP) is 3.55. The summed E-state index contributed by atoms with van der Waals surface area (Å²) in [5.41, 5.74) is 2.54. The summed E-state index contributed by atoms with van der Waals surface area (Å²) in [7, 11) is 0. The summed E-state index contributed by atoms with van der Waals surface area (Å²) in [4.78, 5) is 4.56. The molecule has 1 unspecified atom stereocenters. The fraction of sp³-hybridized carbons (Fsp3) is 0.462. The van der Waals surface area contributed by atoms with Crippen LogP contribution < -0.4 is 0 Å². The van der Waals surface area contributed by atoms with Crippen molar-refractivity contribution in [3.8, 4) is 0 Å². The Morgan fingerprint density at radius 3 is 2.71 bits per heavy atom. The highest BCUT2D eigenvalue weighted by Crippen LogP contribution is 2.29. The number of halogens is 1. The Labute approximate surface area is 106 Å². The maximum absolute atomic E-state index is 10.2. The Kier molecular flexibility index (Phi) is 3.40. The number of hydrogen-bond acceptors (Lipinski definition) is 2. The van der Waals surface area contributed by atoms with Gasteiger partial charge in [0.25, 0.3) is 0 Å². The summed E-state index contributed by atoms with van der Waals surface area (Å²) in [5.74, 6) is 0.266. The Morgan fingerprint density at radius 2 is 2.12 bits per heavy atom. The van der Waals surface area contributed by atoms with E-state index >= 15 is 0 Å². The van der Waals surface area contributed by atoms with Gasteiger partial charge >= 0.3 is 0 Å². The lowest BCUT2D eigenvalue weighted by molar-refractivity contribution is 0.166. The highest BCUT2D eigenvalue weighted by atomic mass is 35.5. The molecule has 0 saturated heterocycles. The van der Waals surface area contributed by atoms with E-state index in [9.17, 15) is 5.11 Å². The van der Waals surface area contributed by atoms with Crippen LogP contribution in [0.15, 0.2) is 18.2 Å². The van der Waals surface area contributed by atoms with Crippen molar-refractivity contribution in [1.82, 2.24) is 9.38 Å². The largest absolute Gasteiger partial charge is 0.387 e. The van der Waals surface area contributed by atoms with Crippen LogP contribution in [-0.2, 0) is 0 Å². The smallest absolute Gasteiger partial charge is 0.138 e. The fourth-order valence-electron chi connectivity index (χ4n) is 2.03. The minimum absolute atomic E-state index is 0.266. The van der Waals surface area contributed by atoms with E-state index in [1.54, 1.807) is 0 Å². The molecule has 0 bridgehead atoms. The van der Waals surface area contributed by atoms with E-state index < -0.39 is 6.10 Å². The number of pyridine rings is 1. The second-order valence-electron chi connectivity index (χ2n) is 4.50. The van der Waals surface area contributed by atoms with Crippen LogP contribution in [0.4, 0.5) is 0 Å². The molecule has 17 heavy (non-hydrogen) atoms. The number of hydrogen-bond donors (Lipinski definition) is 1. The van der Waals surface area contributed by atoms with E-state index in [1.807, 2.05) is 29.5 Å². The Morgan fingerprint density at radius 1 is 1.41 bits per heavy atom. The maximum atomic E-state index is 10.2. The van der Waals surface area contributed by atoms with Crippen LogP contribution in [0, 0.1) is 0 Å². The molecule has 0 aromatic carbocycles. The van der Waals surface area contributed by atoms with Crippen molar-refractivity contribution in [1.29, 1.82) is 0 Å². The minimum Gasteiger partial charge on any atom is -0.387 e. The summed E-state index contributed by atoms with van der Waals surface area (Å²) in [5, 5.41) is 10.7. The van der Waals surface area contributed by atoms with E-state index in [1.165, 1.54) is 0 Å². The molecule has 0 spiro atoms. The van der Waals surface area contributed by atoms with Gasteiger partial charge < -0.3 is 5.11 Å². The molecule has 1 atom stereocenters. The lowest BCUT2D eigenvalue weighted by atomic mass is 10.0. The van der Waals surface area contributed by atoms with Gasteiger partial charge in [0.05, 0.1) is 17.5 Å². The Hall–Kier alpha value is -1.06. The van der Waals surface area contributed by atoms with Gasteiger partial charge in [0.15, 0.2) is 0 Å². The molecule has 2 aromatic heterocycles. The molecule has 92 valence electrons. The summed E-state index contributed by atoms with van der Waals surface area (Å²) in [6.45, 7) is 6.09. The van der Waals surface area contributed by atoms with Crippen molar-refractivity contribution in [2.24, 2.45) is 0 Å². The summed E-state index contributed by atoms with van der Waals surface area (Å²) in [6.07, 6.45) is 0.126. The maximum Gasteiger partial charge on any atom is 0.138 e. The highest BCUT2D eigenvalue weighted by molar-refractivity contribution is 6.29. The van der Waals surface area contributed by atoms with Crippen LogP contribution in [0.3, 0.4) is 0 Å². The Bertz CT molecular complexity index is 533. The molecule has 0 aliphatic rings. The zero-order valence-corrected chi connectivity index (χ0v) is 11.1. The number of nitrogens with zero attached hydrogens (tertiary/aromatic N) is 2. The van der Waals surface area contributed by atoms with Crippen molar-refractivity contribution >= 4 is 17.2 Å². The molecule has 2 aromatic rings. The molecule has 0 radical (unpaired) electrons. The SMILES string of the molecule is CCC(O)c1c(C(C)C)nc2cccc(Cl)n12. The van der Waals surface area contributed by atoms with Gasteiger partial charge in [0.1, 0.15) is 10.8 Å². The van der Waals surface area contributed by atoms with Crippen LogP contribution in [0.25, 0.3) is 5.65 Å². The fourth-order valence-corrected chi connectivity index (χ4v) is 2.28. The Balaban J connectivity index is 2.78. The van der Waals surface area contributed by atoms with Crippen LogP contribution in [-0.4, -0.2) is 14.5 Å². The molecule has 0 amide bonds. The third-order valence-electron chi connectivity index (χ3n) is 2.91. The van der Waals surface area contributed by atoms with Crippen LogP contribution in [0.1, 0.15) is 50.6 Å². The van der Waals surface area contributed by atoms with Gasteiger partial charge in [-0.3, -0.25) is 4.40 Å². The zero-order valence-electron chi connectivity index (χ0n) is 10.3. The number of imidazole rings is 1. The summed E-state index contributed by atoms with van der Waals surface area (Å²) >= 11 is 6.19. The molecule has 3 nitrogen and oxygen atoms in total. The molecule has 2 heterocycles. The van der Waals surface area contributed by atoms with Crippen LogP contribution >= 0.6 is 11.6 Å². The first-order valence-electron chi connectivity index (χ1n) is 5.91. The first-order chi connectivity index (χ1) is 8.06. The predicted molar refractivity (Wildman–Crippen MR) is 69.5 cm³/mol. The van der Waals surface area contributed by atoms with Crippen LogP contribution in [0.5, 0.6) is 0 Å².